The first kappa shape index (κ1) is 102. The van der Waals surface area contributed by atoms with Crippen molar-refractivity contribution in [1.29, 1.82) is 0 Å². The predicted molar refractivity (Wildman–Crippen MR) is 418 cm³/mol. The van der Waals surface area contributed by atoms with Crippen LogP contribution >= 0.6 is 0 Å². The van der Waals surface area contributed by atoms with Gasteiger partial charge in [-0.25, -0.2) is 60.0 Å². The highest BCUT2D eigenvalue weighted by atomic mass is 32.3. The Labute approximate surface area is 664 Å². The quantitative estimate of drug-likeness (QED) is 0.0164. The summed E-state index contributed by atoms with van der Waals surface area (Å²) in [7, 11) is -12.4. The highest BCUT2D eigenvalue weighted by Crippen LogP contribution is 2.36. The number of quaternary nitrogens is 2. The lowest BCUT2D eigenvalue weighted by Gasteiger charge is -2.34. The summed E-state index contributed by atoms with van der Waals surface area (Å²) in [6.45, 7) is 13.9. The average molecular weight is 1750 g/mol. The Morgan fingerprint density at radius 2 is 0.509 bits per heavy atom. The molecule has 0 saturated heterocycles. The van der Waals surface area contributed by atoms with Crippen molar-refractivity contribution in [3.05, 3.63) is 220 Å². The number of nitrogens with zero attached hydrogens (tertiary/aromatic N) is 6. The van der Waals surface area contributed by atoms with E-state index in [1.807, 2.05) is 45.0 Å². The minimum absolute atomic E-state index is 0.0479. The summed E-state index contributed by atoms with van der Waals surface area (Å²) in [5.74, 6) is -3.91. The zero-order chi connectivity index (χ0) is 87.6. The van der Waals surface area contributed by atoms with E-state index in [9.17, 15) is 114 Å². The molecule has 0 radical (unpaired) electrons. The van der Waals surface area contributed by atoms with Crippen molar-refractivity contribution in [2.45, 2.75) is 140 Å². The highest BCUT2D eigenvalue weighted by molar-refractivity contribution is 8.03. The topological polar surface area (TPSA) is 288 Å². The molecule has 2 N–H and O–H groups in total. The lowest BCUT2D eigenvalue weighted by Crippen LogP contribution is -2.41. The van der Waals surface area contributed by atoms with E-state index >= 15 is 0 Å². The van der Waals surface area contributed by atoms with Gasteiger partial charge >= 0.3 is 24.7 Å². The van der Waals surface area contributed by atoms with Crippen molar-refractivity contribution in [3.63, 3.8) is 0 Å². The smallest absolute Gasteiger partial charge is 0.416 e. The molecule has 0 heterocycles. The summed E-state index contributed by atoms with van der Waals surface area (Å²) >= 11 is 0. The second kappa shape index (κ2) is 41.4. The molecule has 22 nitrogen and oxygen atoms in total. The molecule has 0 amide bonds. The van der Waals surface area contributed by atoms with E-state index in [0.717, 1.165) is 71.3 Å². The number of aryl methyl sites for hydroxylation is 8. The second-order valence-electron chi connectivity index (χ2n) is 29.8. The lowest BCUT2D eigenvalue weighted by atomic mass is 10.1. The fourth-order valence-electron chi connectivity index (χ4n) is 11.7. The minimum atomic E-state index is -4.68. The zero-order valence-corrected chi connectivity index (χ0v) is 71.4. The Balaban J connectivity index is 0.000000402. The predicted octanol–water partition coefficient (Wildman–Crippen LogP) is 13.3. The van der Waals surface area contributed by atoms with Gasteiger partial charge in [0.1, 0.15) is 0 Å². The van der Waals surface area contributed by atoms with Crippen LogP contribution in [0.3, 0.4) is 0 Å². The van der Waals surface area contributed by atoms with Crippen molar-refractivity contribution < 1.29 is 112 Å². The fraction of sp³-hybridized carbons (Fsp3) is 0.514. The number of rotatable bonds is 34. The second-order valence-corrected chi connectivity index (χ2v) is 41.4. The monoisotopic (exact) mass is 1750 g/mol. The number of hydrogen-bond donors (Lipinski definition) is 2. The molecule has 0 fully saturated rings. The third-order valence-electron chi connectivity index (χ3n) is 16.1. The molecule has 0 aliphatic heterocycles. The molecule has 0 aliphatic rings. The van der Waals surface area contributed by atoms with Gasteiger partial charge in [-0.15, -0.1) is 0 Å². The van der Waals surface area contributed by atoms with E-state index < -0.39 is 157 Å². The van der Waals surface area contributed by atoms with Crippen molar-refractivity contribution in [2.24, 2.45) is 0 Å². The molecule has 114 heavy (non-hydrogen) atoms. The molecule has 6 aromatic carbocycles. The molecule has 0 bridgehead atoms. The van der Waals surface area contributed by atoms with E-state index in [-0.39, 0.29) is 78.9 Å². The van der Waals surface area contributed by atoms with Gasteiger partial charge in [-0.1, -0.05) is 113 Å². The van der Waals surface area contributed by atoms with Gasteiger partial charge in [-0.3, -0.25) is 0 Å². The zero-order valence-electron chi connectivity index (χ0n) is 66.5. The summed E-state index contributed by atoms with van der Waals surface area (Å²) in [6.07, 6.45) is -17.2. The average Bonchev–Trinajstić information content (AvgIpc) is 0.788. The van der Waals surface area contributed by atoms with E-state index in [2.05, 4.69) is 9.44 Å². The number of hydroxylamine groups is 6. The molecule has 0 spiro atoms. The number of benzene rings is 6. The van der Waals surface area contributed by atoms with Crippen LogP contribution in [0.25, 0.3) is 0 Å². The molecule has 6 rings (SSSR count). The van der Waals surface area contributed by atoms with Gasteiger partial charge in [0.05, 0.1) is 98.1 Å². The Morgan fingerprint density at radius 3 is 0.754 bits per heavy atom. The fourth-order valence-corrected chi connectivity index (χ4v) is 22.0. The Kier molecular flexibility index (Phi) is 37.1. The number of hydrogen-bond acceptors (Lipinski definition) is 16. The molecule has 0 atom stereocenters. The largest absolute Gasteiger partial charge is 0.633 e. The van der Waals surface area contributed by atoms with Gasteiger partial charge in [0, 0.05) is 39.0 Å². The van der Waals surface area contributed by atoms with Crippen LogP contribution < -0.4 is 9.44 Å². The van der Waals surface area contributed by atoms with E-state index in [4.69, 9.17) is 0 Å². The molecular weight excluding hydrogens is 1650 g/mol. The molecule has 0 unspecified atom stereocenters. The lowest BCUT2D eigenvalue weighted by molar-refractivity contribution is -0.840. The van der Waals surface area contributed by atoms with Crippen LogP contribution in [0.1, 0.15) is 126 Å². The maximum Gasteiger partial charge on any atom is 0.416 e. The van der Waals surface area contributed by atoms with Crippen molar-refractivity contribution in [3.8, 4) is 0 Å². The summed E-state index contributed by atoms with van der Waals surface area (Å²) in [4.78, 5) is 3.71. The molecule has 6 aromatic rings. The highest BCUT2D eigenvalue weighted by Gasteiger charge is 2.39. The summed E-state index contributed by atoms with van der Waals surface area (Å²) in [6, 6.07) is 22.7. The number of alkyl halides is 12. The van der Waals surface area contributed by atoms with E-state index in [1.165, 1.54) is 80.2 Å². The van der Waals surface area contributed by atoms with Gasteiger partial charge < -0.3 is 29.5 Å². The van der Waals surface area contributed by atoms with Crippen LogP contribution in [0.2, 0.25) is 0 Å². The minimum Gasteiger partial charge on any atom is -0.633 e. The summed E-state index contributed by atoms with van der Waals surface area (Å²) in [5.41, 5.74) is 1.49. The van der Waals surface area contributed by atoms with Gasteiger partial charge in [0.15, 0.2) is 0 Å². The van der Waals surface area contributed by atoms with Crippen LogP contribution in [-0.4, -0.2) is 186 Å². The third-order valence-corrected chi connectivity index (χ3v) is 27.5. The molecule has 40 heteroatoms. The van der Waals surface area contributed by atoms with Crippen molar-refractivity contribution in [1.82, 2.24) is 26.7 Å². The Bertz CT molecular complexity index is 4880. The van der Waals surface area contributed by atoms with Crippen LogP contribution in [0.5, 0.6) is 0 Å². The normalized spacial score (nSPS) is 13.2. The molecular formula is C74H104F12N8O14S6. The number of sulfonamides is 6. The number of halogens is 12. The van der Waals surface area contributed by atoms with Crippen molar-refractivity contribution >= 4 is 60.1 Å². The molecule has 0 saturated carbocycles. The first-order valence-corrected chi connectivity index (χ1v) is 44.9. The maximum absolute atomic E-state index is 13.3. The summed E-state index contributed by atoms with van der Waals surface area (Å²) in [5, 5.41) is 23.3. The number of nitrogens with one attached hydrogen (secondary N) is 2. The molecule has 0 aromatic heterocycles. The SMILES string of the molecule is Cc1cc(C)cc(CS(=O)(=O)N(CCCN(C)C)S(=O)(=O)Cc2cc(C)cc(C(F)(F)F)c2)c1.Cc1cc(C)cc(CS(=O)(=O)N(CCC[N+](C)(C)[O-])S(=O)(=O)Cc2cc(C)cc(C(F)(F)F)c2)c1.Cc1cc(CS(=O)(=O)NCCCN(C)C)cc(C(F)(F)F)c1.Cc1cc(CS(=O)(=O)NCCC[N+](C)(C)[O-])cc(C(F)(F)F)c1. The van der Waals surface area contributed by atoms with Crippen LogP contribution in [-0.2, 0) is 119 Å². The Hall–Kier alpha value is -6.22. The van der Waals surface area contributed by atoms with Crippen LogP contribution in [0.15, 0.2) is 109 Å². The third kappa shape index (κ3) is 38.5. The standard InChI is InChI=1S/C23H31F3N2O5S2.C23H31F3N2O4S2.C14H21F3N2O3S.C14H21F3N2O2S/c1-17-9-18(2)11-20(10-17)15-34(30,31)27(7-6-8-28(4,5)29)35(32,33)16-21-12-19(3)13-22(14-21)23(24,25)26;1-17-9-18(2)11-20(10-17)15-33(29,30)28(8-6-7-27(4)5)34(31,32)16-21-12-19(3)13-22(14-21)23(24,25)26;1-11-7-12(9-13(8-11)14(15,16)17)10-23(21,22)18-5-4-6-19(2,3)20;1-11-7-12(9-13(8-11)14(15,16)17)10-22(20,21)18-5-4-6-19(2)3/h9-14H,6-8,15-16H2,1-5H3;9-14H,6-8,15-16H2,1-5H3;7-9,18H,4-6,10H2,1-3H3;7-9,18H,4-6,10H2,1-3H3. The molecule has 0 aliphatic carbocycles. The van der Waals surface area contributed by atoms with E-state index in [1.54, 1.807) is 57.1 Å². The molecule has 644 valence electrons. The van der Waals surface area contributed by atoms with Gasteiger partial charge in [-0.05, 0) is 191 Å². The van der Waals surface area contributed by atoms with Gasteiger partial charge in [0.25, 0.3) is 0 Å². The van der Waals surface area contributed by atoms with Crippen LogP contribution in [0.4, 0.5) is 52.7 Å². The first-order chi connectivity index (χ1) is 51.6. The van der Waals surface area contributed by atoms with Gasteiger partial charge in [-0.2, -0.15) is 52.7 Å². The van der Waals surface area contributed by atoms with Gasteiger partial charge in [0.2, 0.25) is 60.1 Å². The van der Waals surface area contributed by atoms with Crippen molar-refractivity contribution in [2.75, 3.05) is 109 Å². The van der Waals surface area contributed by atoms with Crippen LogP contribution in [0, 0.1) is 65.8 Å². The first-order valence-electron chi connectivity index (χ1n) is 35.2. The maximum atomic E-state index is 13.3. The van der Waals surface area contributed by atoms with E-state index in [0.29, 0.717) is 55.1 Å². The Morgan fingerprint density at radius 1 is 0.298 bits per heavy atom. The summed E-state index contributed by atoms with van der Waals surface area (Å²) < 4.78 is 314.